The minimum atomic E-state index is -0.945. The second-order valence-electron chi connectivity index (χ2n) is 6.97. The van der Waals surface area contributed by atoms with Crippen molar-refractivity contribution in [3.8, 4) is 0 Å². The maximum absolute atomic E-state index is 12.6. The van der Waals surface area contributed by atoms with Gasteiger partial charge < -0.3 is 20.2 Å². The molecule has 1 aromatic rings. The van der Waals surface area contributed by atoms with Gasteiger partial charge in [-0.15, -0.1) is 0 Å². The number of carbonyl (C=O) groups is 3. The number of hydrogen-bond acceptors (Lipinski definition) is 3. The van der Waals surface area contributed by atoms with Crippen LogP contribution in [0.5, 0.6) is 0 Å². The number of carboxylic acid groups (broad SMARTS) is 1. The predicted octanol–water partition coefficient (Wildman–Crippen LogP) is 2.89. The molecule has 2 rings (SSSR count). The lowest BCUT2D eigenvalue weighted by Gasteiger charge is -2.33. The molecule has 1 aliphatic rings. The zero-order valence-electron chi connectivity index (χ0n) is 15.6. The molecule has 1 saturated heterocycles. The molecule has 142 valence electrons. The SMILES string of the molecule is CC(CN(C)C(=O)Nc1ccc(C(=O)N2CCCCC2C)cc1)C(=O)O. The van der Waals surface area contributed by atoms with E-state index in [4.69, 9.17) is 5.11 Å². The fourth-order valence-electron chi connectivity index (χ4n) is 3.05. The highest BCUT2D eigenvalue weighted by Crippen LogP contribution is 2.20. The fourth-order valence-corrected chi connectivity index (χ4v) is 3.05. The van der Waals surface area contributed by atoms with Gasteiger partial charge in [-0.2, -0.15) is 0 Å². The van der Waals surface area contributed by atoms with Gasteiger partial charge >= 0.3 is 12.0 Å². The second-order valence-corrected chi connectivity index (χ2v) is 6.97. The minimum absolute atomic E-state index is 0.0162. The van der Waals surface area contributed by atoms with E-state index in [1.807, 2.05) is 4.90 Å². The minimum Gasteiger partial charge on any atom is -0.481 e. The van der Waals surface area contributed by atoms with Crippen LogP contribution in [0, 0.1) is 5.92 Å². The first-order chi connectivity index (χ1) is 12.3. The van der Waals surface area contributed by atoms with Crippen LogP contribution < -0.4 is 5.32 Å². The number of nitrogens with zero attached hydrogens (tertiary/aromatic N) is 2. The predicted molar refractivity (Wildman–Crippen MR) is 99.2 cm³/mol. The Morgan fingerprint density at radius 3 is 2.50 bits per heavy atom. The monoisotopic (exact) mass is 361 g/mol. The first-order valence-corrected chi connectivity index (χ1v) is 8.95. The van der Waals surface area contributed by atoms with Gasteiger partial charge in [-0.05, 0) is 50.5 Å². The summed E-state index contributed by atoms with van der Waals surface area (Å²) in [5.41, 5.74) is 1.16. The van der Waals surface area contributed by atoms with Gasteiger partial charge in [0.15, 0.2) is 0 Å². The van der Waals surface area contributed by atoms with Crippen LogP contribution in [0.15, 0.2) is 24.3 Å². The smallest absolute Gasteiger partial charge is 0.321 e. The van der Waals surface area contributed by atoms with Crippen LogP contribution in [-0.2, 0) is 4.79 Å². The van der Waals surface area contributed by atoms with Crippen LogP contribution in [0.4, 0.5) is 10.5 Å². The van der Waals surface area contributed by atoms with Gasteiger partial charge in [0.25, 0.3) is 5.91 Å². The average molecular weight is 361 g/mol. The Hall–Kier alpha value is -2.57. The Kier molecular flexibility index (Phi) is 6.60. The first-order valence-electron chi connectivity index (χ1n) is 8.95. The summed E-state index contributed by atoms with van der Waals surface area (Å²) in [4.78, 5) is 38.8. The summed E-state index contributed by atoms with van der Waals surface area (Å²) >= 11 is 0. The molecule has 1 heterocycles. The van der Waals surface area contributed by atoms with Crippen LogP contribution in [0.3, 0.4) is 0 Å². The molecule has 2 N–H and O–H groups in total. The van der Waals surface area contributed by atoms with Crippen molar-refractivity contribution in [2.45, 2.75) is 39.2 Å². The lowest BCUT2D eigenvalue weighted by atomic mass is 10.0. The molecule has 1 aliphatic heterocycles. The van der Waals surface area contributed by atoms with Crippen molar-refractivity contribution in [3.05, 3.63) is 29.8 Å². The first kappa shape index (κ1) is 19.8. The summed E-state index contributed by atoms with van der Waals surface area (Å²) < 4.78 is 0. The molecule has 7 heteroatoms. The van der Waals surface area contributed by atoms with Crippen molar-refractivity contribution in [2.24, 2.45) is 5.92 Å². The van der Waals surface area contributed by atoms with E-state index in [0.29, 0.717) is 11.3 Å². The van der Waals surface area contributed by atoms with Crippen LogP contribution in [0.1, 0.15) is 43.5 Å². The molecular weight excluding hydrogens is 334 g/mol. The number of carboxylic acids is 1. The summed E-state index contributed by atoms with van der Waals surface area (Å²) in [6.07, 6.45) is 3.22. The fraction of sp³-hybridized carbons (Fsp3) is 0.526. The molecule has 0 aromatic heterocycles. The van der Waals surface area contributed by atoms with E-state index in [1.54, 1.807) is 38.2 Å². The third-order valence-electron chi connectivity index (χ3n) is 4.76. The van der Waals surface area contributed by atoms with Crippen LogP contribution in [0.2, 0.25) is 0 Å². The number of piperidine rings is 1. The van der Waals surface area contributed by atoms with Gasteiger partial charge in [-0.1, -0.05) is 6.92 Å². The molecule has 3 amide bonds. The number of likely N-dealkylation sites (tertiary alicyclic amines) is 1. The third-order valence-corrected chi connectivity index (χ3v) is 4.76. The van der Waals surface area contributed by atoms with E-state index in [-0.39, 0.29) is 24.5 Å². The van der Waals surface area contributed by atoms with Crippen molar-refractivity contribution in [1.29, 1.82) is 0 Å². The Balaban J connectivity index is 1.95. The Morgan fingerprint density at radius 2 is 1.92 bits per heavy atom. The number of aliphatic carboxylic acids is 1. The number of benzene rings is 1. The second kappa shape index (κ2) is 8.69. The average Bonchev–Trinajstić information content (AvgIpc) is 2.62. The molecule has 7 nitrogen and oxygen atoms in total. The van der Waals surface area contributed by atoms with Gasteiger partial charge in [0.05, 0.1) is 5.92 Å². The van der Waals surface area contributed by atoms with Gasteiger partial charge in [-0.25, -0.2) is 4.79 Å². The molecule has 2 unspecified atom stereocenters. The van der Waals surface area contributed by atoms with E-state index < -0.39 is 11.9 Å². The maximum Gasteiger partial charge on any atom is 0.321 e. The summed E-state index contributed by atoms with van der Waals surface area (Å²) in [7, 11) is 1.55. The van der Waals surface area contributed by atoms with E-state index in [2.05, 4.69) is 12.2 Å². The molecule has 1 aromatic carbocycles. The van der Waals surface area contributed by atoms with Crippen molar-refractivity contribution in [2.75, 3.05) is 25.5 Å². The number of carbonyl (C=O) groups excluding carboxylic acids is 2. The highest BCUT2D eigenvalue weighted by molar-refractivity contribution is 5.95. The van der Waals surface area contributed by atoms with Crippen molar-refractivity contribution < 1.29 is 19.5 Å². The number of rotatable bonds is 5. The van der Waals surface area contributed by atoms with Crippen molar-refractivity contribution in [3.63, 3.8) is 0 Å². The third kappa shape index (κ3) is 4.97. The van der Waals surface area contributed by atoms with Gasteiger partial charge in [0.1, 0.15) is 0 Å². The topological polar surface area (TPSA) is 90.0 Å². The number of urea groups is 1. The molecule has 0 saturated carbocycles. The Labute approximate surface area is 154 Å². The summed E-state index contributed by atoms with van der Waals surface area (Å²) in [5.74, 6) is -1.57. The molecule has 0 aliphatic carbocycles. The standard InChI is InChI=1S/C19H27N3O4/c1-13(18(24)25)12-21(3)19(26)20-16-9-7-15(8-10-16)17(23)22-11-5-4-6-14(22)2/h7-10,13-14H,4-6,11-12H2,1-3H3,(H,20,26)(H,24,25). The Morgan fingerprint density at radius 1 is 1.27 bits per heavy atom. The van der Waals surface area contributed by atoms with E-state index in [0.717, 1.165) is 25.8 Å². The van der Waals surface area contributed by atoms with Crippen molar-refractivity contribution >= 4 is 23.6 Å². The van der Waals surface area contributed by atoms with Crippen LogP contribution in [0.25, 0.3) is 0 Å². The lowest BCUT2D eigenvalue weighted by molar-refractivity contribution is -0.141. The maximum atomic E-state index is 12.6. The van der Waals surface area contributed by atoms with E-state index in [1.165, 1.54) is 4.90 Å². The zero-order chi connectivity index (χ0) is 19.3. The van der Waals surface area contributed by atoms with Crippen LogP contribution >= 0.6 is 0 Å². The van der Waals surface area contributed by atoms with Gasteiger partial charge in [-0.3, -0.25) is 9.59 Å². The van der Waals surface area contributed by atoms with Crippen LogP contribution in [-0.4, -0.2) is 59.0 Å². The molecule has 0 radical (unpaired) electrons. The lowest BCUT2D eigenvalue weighted by Crippen LogP contribution is -2.42. The molecule has 26 heavy (non-hydrogen) atoms. The molecule has 1 fully saturated rings. The zero-order valence-corrected chi connectivity index (χ0v) is 15.6. The quantitative estimate of drug-likeness (QED) is 0.844. The molecule has 0 bridgehead atoms. The highest BCUT2D eigenvalue weighted by Gasteiger charge is 2.24. The highest BCUT2D eigenvalue weighted by atomic mass is 16.4. The number of nitrogens with one attached hydrogen (secondary N) is 1. The van der Waals surface area contributed by atoms with E-state index in [9.17, 15) is 14.4 Å². The largest absolute Gasteiger partial charge is 0.481 e. The normalized spacial score (nSPS) is 18.1. The molecule has 2 atom stereocenters. The Bertz CT molecular complexity index is 659. The summed E-state index contributed by atoms with van der Waals surface area (Å²) in [6.45, 7) is 4.52. The number of hydrogen-bond donors (Lipinski definition) is 2. The van der Waals surface area contributed by atoms with E-state index >= 15 is 0 Å². The molecular formula is C19H27N3O4. The number of anilines is 1. The number of amides is 3. The summed E-state index contributed by atoms with van der Waals surface area (Å²) in [6, 6.07) is 6.66. The molecule has 0 spiro atoms. The van der Waals surface area contributed by atoms with Gasteiger partial charge in [0, 0.05) is 37.4 Å². The van der Waals surface area contributed by atoms with Gasteiger partial charge in [0.2, 0.25) is 0 Å². The summed E-state index contributed by atoms with van der Waals surface area (Å²) in [5, 5.41) is 11.6. The van der Waals surface area contributed by atoms with Crippen molar-refractivity contribution in [1.82, 2.24) is 9.80 Å².